The molecule has 9 nitrogen and oxygen atoms in total. The number of para-hydroxylation sites is 1. The van der Waals surface area contributed by atoms with E-state index >= 15 is 0 Å². The molecule has 4 rings (SSSR count). The Bertz CT molecular complexity index is 1040. The number of anilines is 3. The molecule has 1 aliphatic heterocycles. The van der Waals surface area contributed by atoms with E-state index in [4.69, 9.17) is 10.7 Å². The van der Waals surface area contributed by atoms with Gasteiger partial charge < -0.3 is 21.3 Å². The monoisotopic (exact) mass is 442 g/mol. The number of amides is 1. The summed E-state index contributed by atoms with van der Waals surface area (Å²) in [5.74, 6) is 1.28. The highest BCUT2D eigenvalue weighted by molar-refractivity contribution is 9.10. The minimum Gasteiger partial charge on any atom is -0.368 e. The van der Waals surface area contributed by atoms with Gasteiger partial charge in [0.1, 0.15) is 12.1 Å². The van der Waals surface area contributed by atoms with Crippen LogP contribution in [0.2, 0.25) is 0 Å². The Kier molecular flexibility index (Phi) is 4.95. The van der Waals surface area contributed by atoms with Gasteiger partial charge in [0, 0.05) is 28.5 Å². The molecule has 0 bridgehead atoms. The van der Waals surface area contributed by atoms with Crippen molar-refractivity contribution in [1.82, 2.24) is 25.3 Å². The molecule has 1 aromatic carbocycles. The van der Waals surface area contributed by atoms with E-state index in [0.29, 0.717) is 19.0 Å². The van der Waals surface area contributed by atoms with E-state index in [1.807, 2.05) is 30.0 Å². The summed E-state index contributed by atoms with van der Waals surface area (Å²) in [5.41, 5.74) is 7.45. The molecule has 4 N–H and O–H groups in total. The summed E-state index contributed by atoms with van der Waals surface area (Å²) < 4.78 is 0.908. The van der Waals surface area contributed by atoms with E-state index in [-0.39, 0.29) is 24.4 Å². The van der Waals surface area contributed by atoms with Crippen LogP contribution in [0.1, 0.15) is 18.5 Å². The van der Waals surface area contributed by atoms with Crippen LogP contribution in [0.15, 0.2) is 35.1 Å². The number of nitrogens with two attached hydrogens (primary N) is 1. The molecule has 28 heavy (non-hydrogen) atoms. The van der Waals surface area contributed by atoms with Crippen LogP contribution in [0.3, 0.4) is 0 Å². The molecule has 1 aliphatic rings. The fourth-order valence-electron chi connectivity index (χ4n) is 3.21. The van der Waals surface area contributed by atoms with Crippen molar-refractivity contribution >= 4 is 50.5 Å². The number of hydrogen-bond donors (Lipinski definition) is 3. The van der Waals surface area contributed by atoms with Gasteiger partial charge >= 0.3 is 0 Å². The molecule has 3 heterocycles. The van der Waals surface area contributed by atoms with Crippen LogP contribution in [-0.4, -0.2) is 45.5 Å². The predicted octanol–water partition coefficient (Wildman–Crippen LogP) is 1.87. The number of nitrogens with one attached hydrogen (secondary N) is 2. The van der Waals surface area contributed by atoms with Gasteiger partial charge in [0.25, 0.3) is 0 Å². The number of carbonyl (C=O) groups excluding carboxylic acids is 1. The zero-order chi connectivity index (χ0) is 19.7. The quantitative estimate of drug-likeness (QED) is 0.559. The Morgan fingerprint density at radius 2 is 2.18 bits per heavy atom. The summed E-state index contributed by atoms with van der Waals surface area (Å²) in [6.07, 6.45) is 1.36. The summed E-state index contributed by atoms with van der Waals surface area (Å²) in [6.45, 7) is 3.53. The number of pyridine rings is 1. The average Bonchev–Trinajstić information content (AvgIpc) is 2.67. The van der Waals surface area contributed by atoms with Crippen LogP contribution in [0.25, 0.3) is 10.9 Å². The van der Waals surface area contributed by atoms with E-state index < -0.39 is 0 Å². The van der Waals surface area contributed by atoms with Gasteiger partial charge in [-0.1, -0.05) is 12.1 Å². The average molecular weight is 443 g/mol. The van der Waals surface area contributed by atoms with Gasteiger partial charge in [-0.05, 0) is 35.0 Å². The Morgan fingerprint density at radius 1 is 1.32 bits per heavy atom. The van der Waals surface area contributed by atoms with E-state index in [1.54, 1.807) is 0 Å². The molecule has 1 fully saturated rings. The maximum Gasteiger partial charge on any atom is 0.239 e. The number of rotatable bonds is 4. The Hall–Kier alpha value is -3.01. The van der Waals surface area contributed by atoms with Crippen molar-refractivity contribution < 1.29 is 4.79 Å². The fraction of sp³-hybridized carbons (Fsp3) is 0.278. The molecule has 0 spiro atoms. The van der Waals surface area contributed by atoms with Crippen molar-refractivity contribution in [2.75, 3.05) is 35.6 Å². The maximum absolute atomic E-state index is 11.9. The van der Waals surface area contributed by atoms with Gasteiger partial charge in [0.15, 0.2) is 0 Å². The number of fused-ring (bicyclic) bond motifs is 1. The third-order valence-electron chi connectivity index (χ3n) is 4.55. The topological polar surface area (TPSA) is 122 Å². The van der Waals surface area contributed by atoms with Gasteiger partial charge in [0.2, 0.25) is 17.8 Å². The number of hydrogen-bond acceptors (Lipinski definition) is 8. The largest absolute Gasteiger partial charge is 0.368 e. The molecule has 1 amide bonds. The third-order valence-corrected chi connectivity index (χ3v) is 5.19. The SMILES string of the molecule is C[C@H](Nc1ncnc(N)n1)c1cc2cccc(Br)c2nc1N1CCNC(=O)C1. The number of halogens is 1. The Balaban J connectivity index is 1.78. The van der Waals surface area contributed by atoms with Crippen LogP contribution < -0.4 is 21.3 Å². The van der Waals surface area contributed by atoms with Gasteiger partial charge in [-0.3, -0.25) is 4.79 Å². The second kappa shape index (κ2) is 7.55. The first-order chi connectivity index (χ1) is 13.5. The van der Waals surface area contributed by atoms with Gasteiger partial charge in [-0.25, -0.2) is 15.0 Å². The van der Waals surface area contributed by atoms with Crippen molar-refractivity contribution in [2.45, 2.75) is 13.0 Å². The Morgan fingerprint density at radius 3 is 2.96 bits per heavy atom. The summed E-state index contributed by atoms with van der Waals surface area (Å²) in [7, 11) is 0. The van der Waals surface area contributed by atoms with Crippen molar-refractivity contribution in [1.29, 1.82) is 0 Å². The first-order valence-electron chi connectivity index (χ1n) is 8.83. The summed E-state index contributed by atoms with van der Waals surface area (Å²) in [5, 5.41) is 7.10. The number of nitrogens with zero attached hydrogens (tertiary/aromatic N) is 5. The van der Waals surface area contributed by atoms with E-state index in [2.05, 4.69) is 47.6 Å². The second-order valence-corrected chi connectivity index (χ2v) is 7.37. The lowest BCUT2D eigenvalue weighted by Crippen LogP contribution is -2.48. The van der Waals surface area contributed by atoms with E-state index in [1.165, 1.54) is 6.33 Å². The predicted molar refractivity (Wildman–Crippen MR) is 111 cm³/mol. The zero-order valence-electron chi connectivity index (χ0n) is 15.2. The third kappa shape index (κ3) is 3.68. The smallest absolute Gasteiger partial charge is 0.239 e. The molecule has 0 aliphatic carbocycles. The number of benzene rings is 1. The zero-order valence-corrected chi connectivity index (χ0v) is 16.8. The number of aromatic nitrogens is 4. The molecule has 10 heteroatoms. The standard InChI is InChI=1S/C18H19BrN8O/c1-10(24-18-23-9-22-17(20)26-18)12-7-11-3-2-4-13(19)15(11)25-16(12)27-6-5-21-14(28)8-27/h2-4,7,9-10H,5-6,8H2,1H3,(H,21,28)(H3,20,22,23,24,26)/t10-/m0/s1. The van der Waals surface area contributed by atoms with Crippen molar-refractivity contribution in [2.24, 2.45) is 0 Å². The van der Waals surface area contributed by atoms with Gasteiger partial charge in [0.05, 0.1) is 18.1 Å². The second-order valence-electron chi connectivity index (χ2n) is 6.52. The lowest BCUT2D eigenvalue weighted by atomic mass is 10.0. The normalized spacial score (nSPS) is 15.4. The number of nitrogen functional groups attached to an aromatic ring is 1. The van der Waals surface area contributed by atoms with Crippen LogP contribution in [0.5, 0.6) is 0 Å². The lowest BCUT2D eigenvalue weighted by molar-refractivity contribution is -0.120. The van der Waals surface area contributed by atoms with Crippen LogP contribution in [0, 0.1) is 0 Å². The highest BCUT2D eigenvalue weighted by atomic mass is 79.9. The molecule has 144 valence electrons. The van der Waals surface area contributed by atoms with Crippen molar-refractivity contribution in [3.63, 3.8) is 0 Å². The molecule has 1 saturated heterocycles. The molecule has 3 aromatic rings. The first kappa shape index (κ1) is 18.4. The molecule has 0 radical (unpaired) electrons. The maximum atomic E-state index is 11.9. The van der Waals surface area contributed by atoms with Crippen LogP contribution >= 0.6 is 15.9 Å². The number of carbonyl (C=O) groups is 1. The van der Waals surface area contributed by atoms with Gasteiger partial charge in [-0.15, -0.1) is 0 Å². The fourth-order valence-corrected chi connectivity index (χ4v) is 3.68. The molecule has 1 atom stereocenters. The van der Waals surface area contributed by atoms with E-state index in [0.717, 1.165) is 26.8 Å². The minimum absolute atomic E-state index is 0.0166. The van der Waals surface area contributed by atoms with Gasteiger partial charge in [-0.2, -0.15) is 4.98 Å². The summed E-state index contributed by atoms with van der Waals surface area (Å²) >= 11 is 3.57. The van der Waals surface area contributed by atoms with Crippen molar-refractivity contribution in [3.8, 4) is 0 Å². The molecular weight excluding hydrogens is 424 g/mol. The molecule has 0 saturated carbocycles. The van der Waals surface area contributed by atoms with Crippen LogP contribution in [0.4, 0.5) is 17.7 Å². The molecule has 0 unspecified atom stereocenters. The molecular formula is C18H19BrN8O. The molecule has 2 aromatic heterocycles. The van der Waals surface area contributed by atoms with Crippen LogP contribution in [-0.2, 0) is 4.79 Å². The summed E-state index contributed by atoms with van der Waals surface area (Å²) in [6, 6.07) is 7.85. The van der Waals surface area contributed by atoms with E-state index in [9.17, 15) is 4.79 Å². The lowest BCUT2D eigenvalue weighted by Gasteiger charge is -2.31. The highest BCUT2D eigenvalue weighted by Gasteiger charge is 2.24. The first-order valence-corrected chi connectivity index (χ1v) is 9.62. The number of piperazine rings is 1. The Labute approximate surface area is 169 Å². The van der Waals surface area contributed by atoms with Crippen molar-refractivity contribution in [3.05, 3.63) is 40.6 Å². The highest BCUT2D eigenvalue weighted by Crippen LogP contribution is 2.33. The summed E-state index contributed by atoms with van der Waals surface area (Å²) in [4.78, 5) is 30.9. The minimum atomic E-state index is -0.169.